The molecular formula is C13H9Cl3N2S. The molecule has 3 rings (SSSR count). The minimum absolute atomic E-state index is 0.428. The number of halogens is 3. The molecule has 0 radical (unpaired) electrons. The Labute approximate surface area is 130 Å². The Kier molecular flexibility index (Phi) is 4.99. The Hall–Kier alpha value is -0.870. The van der Waals surface area contributed by atoms with E-state index in [0.29, 0.717) is 10.3 Å². The maximum Gasteiger partial charge on any atom is 0.130 e. The zero-order valence-corrected chi connectivity index (χ0v) is 13.0. The van der Waals surface area contributed by atoms with E-state index in [1.54, 1.807) is 29.5 Å². The standard InChI is InChI=1S/C8H6ClNS.C5H3Cl2N/c1-5-10-7-4-6(9)2-3-8(7)11-5;6-4-2-1-3-5(7)8-4/h2-4H,1H3;1-3H. The molecule has 3 aromatic rings. The highest BCUT2D eigenvalue weighted by Gasteiger charge is 1.99. The summed E-state index contributed by atoms with van der Waals surface area (Å²) in [5, 5.41) is 2.69. The Morgan fingerprint density at radius 3 is 2.21 bits per heavy atom. The van der Waals surface area contributed by atoms with Crippen LogP contribution in [0.4, 0.5) is 0 Å². The number of hydrogen-bond acceptors (Lipinski definition) is 3. The van der Waals surface area contributed by atoms with Crippen molar-refractivity contribution in [3.8, 4) is 0 Å². The third-order valence-electron chi connectivity index (χ3n) is 2.14. The van der Waals surface area contributed by atoms with Crippen LogP contribution >= 0.6 is 46.1 Å². The van der Waals surface area contributed by atoms with Crippen LogP contribution < -0.4 is 0 Å². The molecule has 0 aliphatic carbocycles. The van der Waals surface area contributed by atoms with E-state index < -0.39 is 0 Å². The van der Waals surface area contributed by atoms with E-state index in [-0.39, 0.29) is 0 Å². The fraction of sp³-hybridized carbons (Fsp3) is 0.0769. The molecule has 0 bridgehead atoms. The van der Waals surface area contributed by atoms with Gasteiger partial charge in [0.2, 0.25) is 0 Å². The van der Waals surface area contributed by atoms with Crippen molar-refractivity contribution in [2.75, 3.05) is 0 Å². The zero-order chi connectivity index (χ0) is 13.8. The first-order chi connectivity index (χ1) is 9.04. The highest BCUT2D eigenvalue weighted by atomic mass is 35.5. The average molecular weight is 332 g/mol. The Bertz CT molecular complexity index is 680. The molecule has 0 spiro atoms. The van der Waals surface area contributed by atoms with Crippen molar-refractivity contribution in [1.82, 2.24) is 9.97 Å². The molecule has 0 amide bonds. The predicted octanol–water partition coefficient (Wildman–Crippen LogP) is 5.65. The van der Waals surface area contributed by atoms with Gasteiger partial charge in [0.1, 0.15) is 10.3 Å². The van der Waals surface area contributed by atoms with Crippen molar-refractivity contribution in [3.05, 3.63) is 56.7 Å². The van der Waals surface area contributed by atoms with Crippen LogP contribution in [0, 0.1) is 6.92 Å². The van der Waals surface area contributed by atoms with Crippen LogP contribution in [0.1, 0.15) is 5.01 Å². The lowest BCUT2D eigenvalue weighted by molar-refractivity contribution is 1.33. The number of fused-ring (bicyclic) bond motifs is 1. The van der Waals surface area contributed by atoms with E-state index in [9.17, 15) is 0 Å². The molecule has 0 atom stereocenters. The predicted molar refractivity (Wildman–Crippen MR) is 83.6 cm³/mol. The topological polar surface area (TPSA) is 25.8 Å². The summed E-state index contributed by atoms with van der Waals surface area (Å²) >= 11 is 18.4. The van der Waals surface area contributed by atoms with Crippen LogP contribution in [0.2, 0.25) is 15.3 Å². The third kappa shape index (κ3) is 4.32. The largest absolute Gasteiger partial charge is 0.241 e. The molecule has 0 saturated heterocycles. The highest BCUT2D eigenvalue weighted by Crippen LogP contribution is 2.23. The van der Waals surface area contributed by atoms with Crippen LogP contribution in [-0.2, 0) is 0 Å². The molecule has 2 aromatic heterocycles. The summed E-state index contributed by atoms with van der Waals surface area (Å²) in [6, 6.07) is 10.9. The minimum atomic E-state index is 0.428. The molecular weight excluding hydrogens is 323 g/mol. The molecule has 0 N–H and O–H groups in total. The van der Waals surface area contributed by atoms with Crippen LogP contribution in [0.25, 0.3) is 10.2 Å². The molecule has 0 saturated carbocycles. The lowest BCUT2D eigenvalue weighted by Gasteiger charge is -1.86. The summed E-state index contributed by atoms with van der Waals surface area (Å²) in [6.45, 7) is 2.00. The van der Waals surface area contributed by atoms with Gasteiger partial charge in [-0.25, -0.2) is 9.97 Å². The molecule has 2 heterocycles. The lowest BCUT2D eigenvalue weighted by atomic mass is 10.3. The smallest absolute Gasteiger partial charge is 0.130 e. The van der Waals surface area contributed by atoms with Gasteiger partial charge in [-0.05, 0) is 37.3 Å². The Morgan fingerprint density at radius 1 is 0.947 bits per heavy atom. The van der Waals surface area contributed by atoms with Gasteiger partial charge in [-0.15, -0.1) is 11.3 Å². The number of thiazole rings is 1. The number of aryl methyl sites for hydroxylation is 1. The van der Waals surface area contributed by atoms with E-state index in [0.717, 1.165) is 15.5 Å². The first-order valence-electron chi connectivity index (χ1n) is 5.35. The number of hydrogen-bond donors (Lipinski definition) is 0. The van der Waals surface area contributed by atoms with Gasteiger partial charge < -0.3 is 0 Å². The monoisotopic (exact) mass is 330 g/mol. The van der Waals surface area contributed by atoms with E-state index >= 15 is 0 Å². The van der Waals surface area contributed by atoms with Crippen molar-refractivity contribution >= 4 is 56.4 Å². The second kappa shape index (κ2) is 6.53. The van der Waals surface area contributed by atoms with E-state index in [1.807, 2.05) is 25.1 Å². The number of pyridine rings is 1. The maximum atomic E-state index is 5.79. The normalized spacial score (nSPS) is 10.1. The summed E-state index contributed by atoms with van der Waals surface area (Å²) in [5.74, 6) is 0. The first kappa shape index (κ1) is 14.5. The van der Waals surface area contributed by atoms with Crippen LogP contribution in [0.15, 0.2) is 36.4 Å². The Morgan fingerprint density at radius 2 is 1.63 bits per heavy atom. The van der Waals surface area contributed by atoms with E-state index in [1.165, 1.54) is 4.70 Å². The molecule has 0 fully saturated rings. The fourth-order valence-electron chi connectivity index (χ4n) is 1.40. The van der Waals surface area contributed by atoms with Gasteiger partial charge >= 0.3 is 0 Å². The molecule has 6 heteroatoms. The van der Waals surface area contributed by atoms with Crippen molar-refractivity contribution in [2.45, 2.75) is 6.92 Å². The van der Waals surface area contributed by atoms with Crippen LogP contribution in [-0.4, -0.2) is 9.97 Å². The number of benzene rings is 1. The summed E-state index contributed by atoms with van der Waals surface area (Å²) < 4.78 is 1.20. The molecule has 98 valence electrons. The summed E-state index contributed by atoms with van der Waals surface area (Å²) in [6.07, 6.45) is 0. The molecule has 19 heavy (non-hydrogen) atoms. The second-order valence-corrected chi connectivity index (χ2v) is 6.07. The van der Waals surface area contributed by atoms with Gasteiger partial charge in [-0.3, -0.25) is 0 Å². The fourth-order valence-corrected chi connectivity index (χ4v) is 2.74. The molecule has 0 aliphatic heterocycles. The summed E-state index contributed by atoms with van der Waals surface area (Å²) in [5.41, 5.74) is 1.00. The maximum absolute atomic E-state index is 5.79. The first-order valence-corrected chi connectivity index (χ1v) is 7.30. The molecule has 2 nitrogen and oxygen atoms in total. The molecule has 0 unspecified atom stereocenters. The summed E-state index contributed by atoms with van der Waals surface area (Å²) in [7, 11) is 0. The number of rotatable bonds is 0. The third-order valence-corrected chi connectivity index (χ3v) is 3.75. The van der Waals surface area contributed by atoms with Crippen molar-refractivity contribution in [1.29, 1.82) is 0 Å². The van der Waals surface area contributed by atoms with Crippen LogP contribution in [0.5, 0.6) is 0 Å². The van der Waals surface area contributed by atoms with Crippen molar-refractivity contribution in [3.63, 3.8) is 0 Å². The average Bonchev–Trinajstić information content (AvgIpc) is 2.69. The molecule has 1 aromatic carbocycles. The van der Waals surface area contributed by atoms with Gasteiger partial charge in [0.25, 0.3) is 0 Å². The van der Waals surface area contributed by atoms with Gasteiger partial charge in [0, 0.05) is 5.02 Å². The van der Waals surface area contributed by atoms with Gasteiger partial charge in [0.05, 0.1) is 15.2 Å². The van der Waals surface area contributed by atoms with Crippen molar-refractivity contribution < 1.29 is 0 Å². The second-order valence-electron chi connectivity index (χ2n) is 3.63. The Balaban J connectivity index is 0.000000148. The minimum Gasteiger partial charge on any atom is -0.241 e. The van der Waals surface area contributed by atoms with Crippen LogP contribution in [0.3, 0.4) is 0 Å². The summed E-state index contributed by atoms with van der Waals surface area (Å²) in [4.78, 5) is 8.01. The lowest BCUT2D eigenvalue weighted by Crippen LogP contribution is -1.71. The van der Waals surface area contributed by atoms with Crippen molar-refractivity contribution in [2.24, 2.45) is 0 Å². The number of nitrogens with zero attached hydrogens (tertiary/aromatic N) is 2. The number of aromatic nitrogens is 2. The quantitative estimate of drug-likeness (QED) is 0.498. The van der Waals surface area contributed by atoms with Gasteiger partial charge in [0.15, 0.2) is 0 Å². The molecule has 0 aliphatic rings. The highest BCUT2D eigenvalue weighted by molar-refractivity contribution is 7.18. The SMILES string of the molecule is Cc1nc2cc(Cl)ccc2s1.Clc1cccc(Cl)n1. The zero-order valence-electron chi connectivity index (χ0n) is 9.90. The van der Waals surface area contributed by atoms with E-state index in [4.69, 9.17) is 34.8 Å². The van der Waals surface area contributed by atoms with Gasteiger partial charge in [-0.2, -0.15) is 0 Å². The van der Waals surface area contributed by atoms with Gasteiger partial charge in [-0.1, -0.05) is 40.9 Å². The van der Waals surface area contributed by atoms with E-state index in [2.05, 4.69) is 9.97 Å².